The molecule has 2 atom stereocenters. The standard InChI is InChI=1S/C31H35ClN4O5S/c1-31(2,3)41-30(40)35-15-20(13-21(35)17-37)34-10-4-5-18-11-19(32)12-24(28(18)34)23-8-9-33-25-14-22(42-29(23)25)16-36-26(38)6-7-27(36)39/h8-9,11-12,14,20-21,37H,4-7,10,13,15-17H2,1-3H3/t20-,21-/m1/s1. The third kappa shape index (κ3) is 5.47. The Hall–Kier alpha value is -3.21. The topological polar surface area (TPSA) is 103 Å². The van der Waals surface area contributed by atoms with E-state index in [0.717, 1.165) is 56.9 Å². The largest absolute Gasteiger partial charge is 0.444 e. The van der Waals surface area contributed by atoms with E-state index in [1.165, 1.54) is 4.90 Å². The third-order valence-electron chi connectivity index (χ3n) is 8.18. The van der Waals surface area contributed by atoms with Crippen LogP contribution in [0.25, 0.3) is 21.3 Å². The average molecular weight is 611 g/mol. The molecule has 0 aliphatic carbocycles. The fourth-order valence-corrected chi connectivity index (χ4v) is 7.75. The molecule has 9 nitrogen and oxygen atoms in total. The highest BCUT2D eigenvalue weighted by molar-refractivity contribution is 7.19. The number of halogens is 1. The number of aryl methyl sites for hydroxylation is 1. The van der Waals surface area contributed by atoms with Gasteiger partial charge in [-0.25, -0.2) is 4.79 Å². The Morgan fingerprint density at radius 1 is 1.14 bits per heavy atom. The summed E-state index contributed by atoms with van der Waals surface area (Å²) in [4.78, 5) is 48.4. The van der Waals surface area contributed by atoms with Crippen LogP contribution in [0.4, 0.5) is 10.5 Å². The first kappa shape index (κ1) is 28.9. The van der Waals surface area contributed by atoms with Crippen LogP contribution in [0, 0.1) is 0 Å². The van der Waals surface area contributed by atoms with E-state index in [1.807, 2.05) is 45.0 Å². The molecule has 0 unspecified atom stereocenters. The molecule has 2 fully saturated rings. The maximum Gasteiger partial charge on any atom is 0.410 e. The van der Waals surface area contributed by atoms with Crippen molar-refractivity contribution in [1.82, 2.24) is 14.8 Å². The van der Waals surface area contributed by atoms with Gasteiger partial charge in [0.1, 0.15) is 5.60 Å². The molecule has 0 saturated carbocycles. The Bertz CT molecular complexity index is 1550. The van der Waals surface area contributed by atoms with Gasteiger partial charge in [0, 0.05) is 64.9 Å². The molecule has 2 saturated heterocycles. The lowest BCUT2D eigenvalue weighted by molar-refractivity contribution is -0.139. The van der Waals surface area contributed by atoms with Gasteiger partial charge in [-0.1, -0.05) is 11.6 Å². The van der Waals surface area contributed by atoms with Crippen molar-refractivity contribution >= 4 is 56.7 Å². The highest BCUT2D eigenvalue weighted by Crippen LogP contribution is 2.45. The fourth-order valence-electron chi connectivity index (χ4n) is 6.38. The molecule has 0 spiro atoms. The minimum absolute atomic E-state index is 0.00272. The molecule has 222 valence electrons. The zero-order valence-corrected chi connectivity index (χ0v) is 25.6. The van der Waals surface area contributed by atoms with Gasteiger partial charge in [-0.15, -0.1) is 11.3 Å². The van der Waals surface area contributed by atoms with E-state index in [1.54, 1.807) is 22.4 Å². The van der Waals surface area contributed by atoms with Gasteiger partial charge in [-0.2, -0.15) is 0 Å². The molecule has 5 heterocycles. The summed E-state index contributed by atoms with van der Waals surface area (Å²) in [6, 6.07) is 7.64. The van der Waals surface area contributed by atoms with Crippen molar-refractivity contribution in [2.24, 2.45) is 0 Å². The smallest absolute Gasteiger partial charge is 0.410 e. The van der Waals surface area contributed by atoms with Gasteiger partial charge in [-0.05, 0) is 69.9 Å². The number of nitrogens with zero attached hydrogens (tertiary/aromatic N) is 4. The van der Waals surface area contributed by atoms with E-state index in [4.69, 9.17) is 16.3 Å². The predicted octanol–water partition coefficient (Wildman–Crippen LogP) is 5.39. The fraction of sp³-hybridized carbons (Fsp3) is 0.484. The van der Waals surface area contributed by atoms with Gasteiger partial charge in [0.15, 0.2) is 0 Å². The van der Waals surface area contributed by atoms with Crippen LogP contribution in [0.2, 0.25) is 5.02 Å². The van der Waals surface area contributed by atoms with Gasteiger partial charge in [0.2, 0.25) is 11.8 Å². The summed E-state index contributed by atoms with van der Waals surface area (Å²) in [6.07, 6.45) is 4.37. The summed E-state index contributed by atoms with van der Waals surface area (Å²) >= 11 is 8.24. The second-order valence-electron chi connectivity index (χ2n) is 12.3. The first-order chi connectivity index (χ1) is 20.0. The van der Waals surface area contributed by atoms with Crippen LogP contribution < -0.4 is 4.90 Å². The minimum atomic E-state index is -0.627. The summed E-state index contributed by atoms with van der Waals surface area (Å²) in [5.74, 6) is -0.272. The lowest BCUT2D eigenvalue weighted by Gasteiger charge is -2.38. The van der Waals surface area contributed by atoms with Gasteiger partial charge >= 0.3 is 6.09 Å². The van der Waals surface area contributed by atoms with E-state index in [-0.39, 0.29) is 49.9 Å². The lowest BCUT2D eigenvalue weighted by atomic mass is 9.92. The van der Waals surface area contributed by atoms with Crippen molar-refractivity contribution in [3.05, 3.63) is 45.9 Å². The summed E-state index contributed by atoms with van der Waals surface area (Å²) in [5.41, 5.74) is 4.39. The number of thiophene rings is 1. The minimum Gasteiger partial charge on any atom is -0.444 e. The SMILES string of the molecule is CC(C)(C)OC(=O)N1C[C@H](N2CCCc3cc(Cl)cc(-c4ccnc5cc(CN6C(=O)CCC6=O)sc45)c32)C[C@@H]1CO. The number of aromatic nitrogens is 1. The maximum absolute atomic E-state index is 13.1. The van der Waals surface area contributed by atoms with E-state index in [2.05, 4.69) is 9.88 Å². The Morgan fingerprint density at radius 2 is 1.90 bits per heavy atom. The maximum atomic E-state index is 13.1. The van der Waals surface area contributed by atoms with E-state index < -0.39 is 11.7 Å². The van der Waals surface area contributed by atoms with Crippen molar-refractivity contribution in [2.45, 2.75) is 77.1 Å². The average Bonchev–Trinajstić information content (AvgIpc) is 3.64. The Kier molecular flexibility index (Phi) is 7.66. The molecule has 0 radical (unpaired) electrons. The summed E-state index contributed by atoms with van der Waals surface area (Å²) in [5, 5.41) is 10.8. The number of benzene rings is 1. The molecule has 3 aliphatic heterocycles. The first-order valence-electron chi connectivity index (χ1n) is 14.4. The number of amides is 3. The monoisotopic (exact) mass is 610 g/mol. The zero-order valence-electron chi connectivity index (χ0n) is 24.1. The van der Waals surface area contributed by atoms with Crippen LogP contribution >= 0.6 is 22.9 Å². The van der Waals surface area contributed by atoms with E-state index in [9.17, 15) is 19.5 Å². The van der Waals surface area contributed by atoms with Crippen molar-refractivity contribution < 1.29 is 24.2 Å². The van der Waals surface area contributed by atoms with Crippen molar-refractivity contribution in [3.63, 3.8) is 0 Å². The molecule has 3 amide bonds. The summed E-state index contributed by atoms with van der Waals surface area (Å²) in [6.45, 7) is 6.92. The highest BCUT2D eigenvalue weighted by atomic mass is 35.5. The number of imide groups is 1. The zero-order chi connectivity index (χ0) is 29.8. The molecule has 3 aromatic rings. The van der Waals surface area contributed by atoms with Crippen LogP contribution in [-0.4, -0.2) is 75.2 Å². The van der Waals surface area contributed by atoms with Crippen molar-refractivity contribution in [3.8, 4) is 11.1 Å². The number of aliphatic hydroxyl groups excluding tert-OH is 1. The Labute approximate surface area is 254 Å². The van der Waals surface area contributed by atoms with Gasteiger partial charge < -0.3 is 19.6 Å². The number of rotatable bonds is 5. The quantitative estimate of drug-likeness (QED) is 0.386. The number of pyridine rings is 1. The van der Waals surface area contributed by atoms with Crippen LogP contribution in [-0.2, 0) is 27.3 Å². The number of fused-ring (bicyclic) bond motifs is 2. The number of hydrogen-bond acceptors (Lipinski definition) is 8. The van der Waals surface area contributed by atoms with Crippen LogP contribution in [0.1, 0.15) is 56.9 Å². The number of likely N-dealkylation sites (tertiary alicyclic amines) is 2. The summed E-state index contributed by atoms with van der Waals surface area (Å²) < 4.78 is 6.64. The number of anilines is 1. The van der Waals surface area contributed by atoms with Crippen LogP contribution in [0.3, 0.4) is 0 Å². The molecular weight excluding hydrogens is 576 g/mol. The molecule has 2 aromatic heterocycles. The molecule has 11 heteroatoms. The first-order valence-corrected chi connectivity index (χ1v) is 15.6. The lowest BCUT2D eigenvalue weighted by Crippen LogP contribution is -2.44. The Morgan fingerprint density at radius 3 is 2.62 bits per heavy atom. The molecule has 3 aliphatic rings. The summed E-state index contributed by atoms with van der Waals surface area (Å²) in [7, 11) is 0. The number of ether oxygens (including phenoxy) is 1. The molecule has 1 N–H and O–H groups in total. The van der Waals surface area contributed by atoms with Gasteiger partial charge in [0.05, 0.1) is 29.4 Å². The van der Waals surface area contributed by atoms with Crippen molar-refractivity contribution in [1.29, 1.82) is 0 Å². The number of carbonyl (C=O) groups excluding carboxylic acids is 3. The molecule has 42 heavy (non-hydrogen) atoms. The normalized spacial score (nSPS) is 21.0. The van der Waals surface area contributed by atoms with Crippen molar-refractivity contribution in [2.75, 3.05) is 24.6 Å². The molecule has 6 rings (SSSR count). The highest BCUT2D eigenvalue weighted by Gasteiger charge is 2.41. The third-order valence-corrected chi connectivity index (χ3v) is 9.54. The molecule has 1 aromatic carbocycles. The van der Waals surface area contributed by atoms with Gasteiger partial charge in [-0.3, -0.25) is 19.5 Å². The molecular formula is C31H35ClN4O5S. The second-order valence-corrected chi connectivity index (χ2v) is 13.8. The molecule has 0 bridgehead atoms. The van der Waals surface area contributed by atoms with Crippen LogP contribution in [0.5, 0.6) is 0 Å². The number of aliphatic hydroxyl groups is 1. The van der Waals surface area contributed by atoms with E-state index in [0.29, 0.717) is 18.0 Å². The number of carbonyl (C=O) groups is 3. The van der Waals surface area contributed by atoms with Crippen LogP contribution in [0.15, 0.2) is 30.5 Å². The Balaban J connectivity index is 1.37. The number of hydrogen-bond donors (Lipinski definition) is 1. The second kappa shape index (κ2) is 11.1. The van der Waals surface area contributed by atoms with E-state index >= 15 is 0 Å². The predicted molar refractivity (Wildman–Crippen MR) is 163 cm³/mol. The van der Waals surface area contributed by atoms with Gasteiger partial charge in [0.25, 0.3) is 0 Å².